The smallest absolute Gasteiger partial charge is 0.237 e. The number of rotatable bonds is 8. The number of nitrogens with one attached hydrogen (secondary N) is 1. The molecule has 33 heavy (non-hydrogen) atoms. The Balaban J connectivity index is 1.27. The van der Waals surface area contributed by atoms with Gasteiger partial charge < -0.3 is 24.4 Å². The molecule has 1 atom stereocenters. The number of sulfone groups is 1. The second-order valence-corrected chi connectivity index (χ2v) is 11.0. The largest absolute Gasteiger partial charge is 0.454 e. The van der Waals surface area contributed by atoms with Gasteiger partial charge in [-0.1, -0.05) is 0 Å². The molecule has 3 aliphatic rings. The number of methoxy groups -OCH3 is 1. The first kappa shape index (κ1) is 23.8. The second-order valence-electron chi connectivity index (χ2n) is 8.74. The van der Waals surface area contributed by atoms with Crippen molar-refractivity contribution < 1.29 is 32.2 Å². The molecular weight excluding hydrogens is 450 g/mol. The van der Waals surface area contributed by atoms with E-state index in [1.165, 1.54) is 0 Å². The maximum atomic E-state index is 13.0. The number of benzene rings is 1. The monoisotopic (exact) mass is 481 g/mol. The molecule has 0 aromatic heterocycles. The summed E-state index contributed by atoms with van der Waals surface area (Å²) in [7, 11) is -1.52. The Morgan fingerprint density at radius 2 is 1.94 bits per heavy atom. The van der Waals surface area contributed by atoms with E-state index in [1.54, 1.807) is 30.2 Å². The molecule has 1 unspecified atom stereocenters. The number of fused-ring (bicyclic) bond motifs is 1. The van der Waals surface area contributed by atoms with Crippen LogP contribution < -0.4 is 14.8 Å². The third-order valence-electron chi connectivity index (χ3n) is 6.46. The predicted octanol–water partition coefficient (Wildman–Crippen LogP) is 0.728. The summed E-state index contributed by atoms with van der Waals surface area (Å²) in [5.41, 5.74) is 0.669. The highest BCUT2D eigenvalue weighted by Gasteiger charge is 2.35. The number of likely N-dealkylation sites (tertiary alicyclic amines) is 1. The van der Waals surface area contributed by atoms with E-state index in [9.17, 15) is 18.0 Å². The molecule has 0 aliphatic carbocycles. The van der Waals surface area contributed by atoms with Gasteiger partial charge in [0.05, 0.1) is 24.7 Å². The van der Waals surface area contributed by atoms with Crippen LogP contribution in [0.25, 0.3) is 0 Å². The summed E-state index contributed by atoms with van der Waals surface area (Å²) >= 11 is 0. The number of piperidine rings is 1. The summed E-state index contributed by atoms with van der Waals surface area (Å²) in [6.07, 6.45) is 1.78. The van der Waals surface area contributed by atoms with E-state index >= 15 is 0 Å². The lowest BCUT2D eigenvalue weighted by Gasteiger charge is -2.34. The van der Waals surface area contributed by atoms with Crippen molar-refractivity contribution in [2.75, 3.05) is 63.5 Å². The molecule has 11 heteroatoms. The van der Waals surface area contributed by atoms with Gasteiger partial charge in [0, 0.05) is 37.4 Å². The summed E-state index contributed by atoms with van der Waals surface area (Å²) < 4.78 is 39.5. The van der Waals surface area contributed by atoms with Crippen molar-refractivity contribution in [2.24, 2.45) is 5.92 Å². The first-order chi connectivity index (χ1) is 15.8. The molecule has 4 rings (SSSR count). The molecule has 0 radical (unpaired) electrons. The van der Waals surface area contributed by atoms with Gasteiger partial charge >= 0.3 is 0 Å². The van der Waals surface area contributed by atoms with Crippen molar-refractivity contribution in [1.82, 2.24) is 9.80 Å². The van der Waals surface area contributed by atoms with Gasteiger partial charge in [-0.15, -0.1) is 0 Å². The fraction of sp³-hybridized carbons (Fsp3) is 0.636. The minimum Gasteiger partial charge on any atom is -0.454 e. The highest BCUT2D eigenvalue weighted by atomic mass is 32.2. The molecule has 1 N–H and O–H groups in total. The predicted molar refractivity (Wildman–Crippen MR) is 121 cm³/mol. The Morgan fingerprint density at radius 3 is 2.64 bits per heavy atom. The Labute approximate surface area is 194 Å². The standard InChI is InChI=1S/C22H31N3O7S/c1-30-10-9-25(18-6-11-33(28,29)14-18)21(26)13-24-7-4-16(5-8-24)22(27)23-17-2-3-19-20(12-17)32-15-31-19/h2-3,12,16,18H,4-11,13-15H2,1H3,(H,23,27). The van der Waals surface area contributed by atoms with E-state index in [4.69, 9.17) is 14.2 Å². The fourth-order valence-electron chi connectivity index (χ4n) is 4.58. The van der Waals surface area contributed by atoms with Crippen LogP contribution in [0.4, 0.5) is 5.69 Å². The van der Waals surface area contributed by atoms with Crippen LogP contribution in [-0.2, 0) is 24.2 Å². The van der Waals surface area contributed by atoms with Gasteiger partial charge in [0.1, 0.15) is 0 Å². The number of ether oxygens (including phenoxy) is 3. The first-order valence-corrected chi connectivity index (χ1v) is 13.1. The molecule has 1 aromatic rings. The van der Waals surface area contributed by atoms with Gasteiger partial charge in [-0.25, -0.2) is 8.42 Å². The van der Waals surface area contributed by atoms with Crippen molar-refractivity contribution >= 4 is 27.3 Å². The van der Waals surface area contributed by atoms with Crippen molar-refractivity contribution in [3.8, 4) is 11.5 Å². The number of amides is 2. The normalized spacial score (nSPS) is 22.3. The minimum absolute atomic E-state index is 0.0184. The van der Waals surface area contributed by atoms with Gasteiger partial charge in [0.25, 0.3) is 0 Å². The molecule has 10 nitrogen and oxygen atoms in total. The number of carbonyl (C=O) groups excluding carboxylic acids is 2. The molecule has 182 valence electrons. The Hall–Kier alpha value is -2.37. The molecule has 2 saturated heterocycles. The summed E-state index contributed by atoms with van der Waals surface area (Å²) in [5, 5.41) is 2.94. The Bertz CT molecular complexity index is 976. The van der Waals surface area contributed by atoms with E-state index in [-0.39, 0.29) is 48.6 Å². The van der Waals surface area contributed by atoms with Crippen LogP contribution in [0.5, 0.6) is 11.5 Å². The van der Waals surface area contributed by atoms with Crippen LogP contribution >= 0.6 is 0 Å². The highest BCUT2D eigenvalue weighted by Crippen LogP contribution is 2.34. The molecule has 3 aliphatic heterocycles. The molecule has 0 saturated carbocycles. The lowest BCUT2D eigenvalue weighted by Crippen LogP contribution is -2.49. The summed E-state index contributed by atoms with van der Waals surface area (Å²) in [6, 6.07) is 5.03. The van der Waals surface area contributed by atoms with Crippen molar-refractivity contribution in [2.45, 2.75) is 25.3 Å². The number of hydrogen-bond donors (Lipinski definition) is 1. The molecule has 2 amide bonds. The molecule has 2 fully saturated rings. The third kappa shape index (κ3) is 5.96. The van der Waals surface area contributed by atoms with Crippen LogP contribution in [0.2, 0.25) is 0 Å². The van der Waals surface area contributed by atoms with Gasteiger partial charge in [0.2, 0.25) is 18.6 Å². The van der Waals surface area contributed by atoms with E-state index in [2.05, 4.69) is 5.32 Å². The zero-order valence-electron chi connectivity index (χ0n) is 18.8. The number of nitrogens with zero attached hydrogens (tertiary/aromatic N) is 2. The summed E-state index contributed by atoms with van der Waals surface area (Å²) in [4.78, 5) is 29.4. The Morgan fingerprint density at radius 1 is 1.18 bits per heavy atom. The van der Waals surface area contributed by atoms with Gasteiger partial charge in [-0.05, 0) is 44.5 Å². The van der Waals surface area contributed by atoms with E-state index in [1.807, 2.05) is 4.90 Å². The van der Waals surface area contributed by atoms with Gasteiger partial charge in [-0.2, -0.15) is 0 Å². The summed E-state index contributed by atoms with van der Waals surface area (Å²) in [6.45, 7) is 2.41. The van der Waals surface area contributed by atoms with Gasteiger partial charge in [0.15, 0.2) is 21.3 Å². The maximum absolute atomic E-state index is 13.0. The van der Waals surface area contributed by atoms with Crippen molar-refractivity contribution in [1.29, 1.82) is 0 Å². The van der Waals surface area contributed by atoms with Crippen LogP contribution in [0.15, 0.2) is 18.2 Å². The number of anilines is 1. The topological polar surface area (TPSA) is 114 Å². The second kappa shape index (κ2) is 10.3. The molecule has 1 aromatic carbocycles. The van der Waals surface area contributed by atoms with Crippen LogP contribution in [0, 0.1) is 5.92 Å². The quantitative estimate of drug-likeness (QED) is 0.578. The lowest BCUT2D eigenvalue weighted by atomic mass is 9.95. The molecular formula is C22H31N3O7S. The lowest BCUT2D eigenvalue weighted by molar-refractivity contribution is -0.135. The first-order valence-electron chi connectivity index (χ1n) is 11.3. The van der Waals surface area contributed by atoms with Crippen molar-refractivity contribution in [3.63, 3.8) is 0 Å². The van der Waals surface area contributed by atoms with Crippen LogP contribution in [0.1, 0.15) is 19.3 Å². The average molecular weight is 482 g/mol. The van der Waals surface area contributed by atoms with Gasteiger partial charge in [-0.3, -0.25) is 14.5 Å². The van der Waals surface area contributed by atoms with E-state index < -0.39 is 9.84 Å². The SMILES string of the molecule is COCCN(C(=O)CN1CCC(C(=O)Nc2ccc3c(c2)OCO3)CC1)C1CCS(=O)(=O)C1. The molecule has 0 bridgehead atoms. The van der Waals surface area contributed by atoms with Crippen LogP contribution in [-0.4, -0.2) is 94.3 Å². The van der Waals surface area contributed by atoms with E-state index in [0.717, 1.165) is 0 Å². The molecule has 3 heterocycles. The minimum atomic E-state index is -3.09. The number of carbonyl (C=O) groups is 2. The molecule has 0 spiro atoms. The zero-order chi connectivity index (χ0) is 23.4. The fourth-order valence-corrected chi connectivity index (χ4v) is 6.31. The van der Waals surface area contributed by atoms with E-state index in [0.29, 0.717) is 62.7 Å². The third-order valence-corrected chi connectivity index (χ3v) is 8.21. The number of hydrogen-bond acceptors (Lipinski definition) is 8. The maximum Gasteiger partial charge on any atom is 0.237 e. The summed E-state index contributed by atoms with van der Waals surface area (Å²) in [5.74, 6) is 1.17. The van der Waals surface area contributed by atoms with Crippen molar-refractivity contribution in [3.05, 3.63) is 18.2 Å². The zero-order valence-corrected chi connectivity index (χ0v) is 19.6. The average Bonchev–Trinajstić information content (AvgIpc) is 3.40. The highest BCUT2D eigenvalue weighted by molar-refractivity contribution is 7.91. The Kier molecular flexibility index (Phi) is 7.40. The van der Waals surface area contributed by atoms with Crippen LogP contribution in [0.3, 0.4) is 0 Å².